The van der Waals surface area contributed by atoms with E-state index >= 15 is 0 Å². The zero-order valence-corrected chi connectivity index (χ0v) is 25.7. The highest BCUT2D eigenvalue weighted by molar-refractivity contribution is 7.89. The highest BCUT2D eigenvalue weighted by Gasteiger charge is 2.16. The molecule has 0 spiro atoms. The van der Waals surface area contributed by atoms with Crippen molar-refractivity contribution in [1.29, 1.82) is 0 Å². The maximum absolute atomic E-state index is 14.5. The molecule has 0 atom stereocenters. The molecule has 0 unspecified atom stereocenters. The topological polar surface area (TPSA) is 154 Å². The number of ketones is 1. The SMILES string of the molecule is CC(=O)/C(C)=C/c1cc(F)c(Oc2ccc(S(=O)(=O)NCCOCCOCCOCCOCCOCCON)cc2)c(F)c1. The largest absolute Gasteiger partial charge is 0.451 e. The molecule has 0 saturated heterocycles. The summed E-state index contributed by atoms with van der Waals surface area (Å²) in [5, 5.41) is 0. The molecule has 0 amide bonds. The summed E-state index contributed by atoms with van der Waals surface area (Å²) >= 11 is 0. The Morgan fingerprint density at radius 3 is 1.68 bits per heavy atom. The van der Waals surface area contributed by atoms with Gasteiger partial charge in [-0.25, -0.2) is 27.8 Å². The van der Waals surface area contributed by atoms with E-state index in [0.717, 1.165) is 12.1 Å². The van der Waals surface area contributed by atoms with Crippen molar-refractivity contribution in [2.45, 2.75) is 18.7 Å². The minimum atomic E-state index is -3.85. The molecule has 0 aliphatic carbocycles. The van der Waals surface area contributed by atoms with E-state index in [1.54, 1.807) is 0 Å². The molecule has 0 aliphatic heterocycles. The monoisotopic (exact) mass is 646 g/mol. The summed E-state index contributed by atoms with van der Waals surface area (Å²) in [4.78, 5) is 15.7. The molecular formula is C29H40F2N2O10S. The highest BCUT2D eigenvalue weighted by Crippen LogP contribution is 2.30. The fraction of sp³-hybridized carbons (Fsp3) is 0.483. The van der Waals surface area contributed by atoms with Crippen molar-refractivity contribution < 1.29 is 55.3 Å². The van der Waals surface area contributed by atoms with Gasteiger partial charge in [-0.1, -0.05) is 0 Å². The van der Waals surface area contributed by atoms with Crippen molar-refractivity contribution in [2.24, 2.45) is 5.90 Å². The van der Waals surface area contributed by atoms with Crippen molar-refractivity contribution in [1.82, 2.24) is 4.72 Å². The van der Waals surface area contributed by atoms with Gasteiger partial charge in [-0.3, -0.25) is 4.79 Å². The van der Waals surface area contributed by atoms with Gasteiger partial charge in [0.1, 0.15) is 5.75 Å². The first-order chi connectivity index (χ1) is 21.1. The zero-order valence-electron chi connectivity index (χ0n) is 24.9. The fourth-order valence-electron chi connectivity index (χ4n) is 3.34. The average Bonchev–Trinajstić information content (AvgIpc) is 2.98. The third kappa shape index (κ3) is 14.7. The van der Waals surface area contributed by atoms with Crippen LogP contribution in [0.5, 0.6) is 11.5 Å². The Balaban J connectivity index is 1.60. The van der Waals surface area contributed by atoms with Crippen LogP contribution < -0.4 is 15.4 Å². The molecule has 0 saturated carbocycles. The number of rotatable bonds is 24. The number of allylic oxidation sites excluding steroid dienone is 1. The van der Waals surface area contributed by atoms with Crippen LogP contribution in [0.15, 0.2) is 46.9 Å². The van der Waals surface area contributed by atoms with Crippen LogP contribution in [0.2, 0.25) is 0 Å². The van der Waals surface area contributed by atoms with E-state index in [1.165, 1.54) is 44.2 Å². The maximum Gasteiger partial charge on any atom is 0.240 e. The molecule has 3 N–H and O–H groups in total. The third-order valence-corrected chi connectivity index (χ3v) is 7.16. The molecule has 15 heteroatoms. The molecule has 2 rings (SSSR count). The summed E-state index contributed by atoms with van der Waals surface area (Å²) in [6, 6.07) is 7.14. The van der Waals surface area contributed by atoms with Crippen LogP contribution in [0.4, 0.5) is 8.78 Å². The molecule has 0 radical (unpaired) electrons. The van der Waals surface area contributed by atoms with Crippen LogP contribution in [-0.2, 0) is 43.3 Å². The Hall–Kier alpha value is -2.86. The van der Waals surface area contributed by atoms with E-state index < -0.39 is 27.4 Å². The van der Waals surface area contributed by atoms with Gasteiger partial charge in [0.2, 0.25) is 10.0 Å². The third-order valence-electron chi connectivity index (χ3n) is 5.69. The molecule has 44 heavy (non-hydrogen) atoms. The van der Waals surface area contributed by atoms with Gasteiger partial charge in [0, 0.05) is 6.54 Å². The molecule has 246 valence electrons. The van der Waals surface area contributed by atoms with Crippen molar-refractivity contribution in [2.75, 3.05) is 79.2 Å². The molecule has 0 aromatic heterocycles. The molecule has 0 fully saturated rings. The quantitative estimate of drug-likeness (QED) is 0.0983. The number of Topliss-reactive ketones (excluding diaryl/α,β-unsaturated/α-hetero) is 1. The lowest BCUT2D eigenvalue weighted by molar-refractivity contribution is -0.113. The molecular weight excluding hydrogens is 606 g/mol. The van der Waals surface area contributed by atoms with E-state index in [1.807, 2.05) is 0 Å². The van der Waals surface area contributed by atoms with Gasteiger partial charge < -0.3 is 33.3 Å². The van der Waals surface area contributed by atoms with E-state index in [9.17, 15) is 22.0 Å². The maximum atomic E-state index is 14.5. The number of ether oxygens (including phenoxy) is 6. The molecule has 2 aromatic carbocycles. The summed E-state index contributed by atoms with van der Waals surface area (Å²) in [6.07, 6.45) is 1.36. The number of hydrogen-bond acceptors (Lipinski definition) is 11. The van der Waals surface area contributed by atoms with Gasteiger partial charge in [0.15, 0.2) is 23.2 Å². The number of hydrogen-bond donors (Lipinski definition) is 2. The second kappa shape index (κ2) is 21.0. The van der Waals surface area contributed by atoms with Crippen molar-refractivity contribution in [3.8, 4) is 11.5 Å². The predicted octanol–water partition coefficient (Wildman–Crippen LogP) is 3.00. The van der Waals surface area contributed by atoms with Gasteiger partial charge >= 0.3 is 0 Å². The minimum Gasteiger partial charge on any atom is -0.451 e. The van der Waals surface area contributed by atoms with Crippen molar-refractivity contribution >= 4 is 21.9 Å². The average molecular weight is 647 g/mol. The first kappa shape index (κ1) is 37.3. The van der Waals surface area contributed by atoms with Crippen LogP contribution in [0.3, 0.4) is 0 Å². The van der Waals surface area contributed by atoms with E-state index in [-0.39, 0.29) is 41.8 Å². The molecule has 12 nitrogen and oxygen atoms in total. The van der Waals surface area contributed by atoms with Crippen LogP contribution in [0.1, 0.15) is 19.4 Å². The van der Waals surface area contributed by atoms with Crippen LogP contribution in [-0.4, -0.2) is 93.4 Å². The molecule has 2 aromatic rings. The normalized spacial score (nSPS) is 12.1. The van der Waals surface area contributed by atoms with Gasteiger partial charge in [0.05, 0.1) is 77.6 Å². The number of sulfonamides is 1. The number of carbonyl (C=O) groups excluding carboxylic acids is 1. The number of carbonyl (C=O) groups is 1. The Morgan fingerprint density at radius 2 is 1.23 bits per heavy atom. The zero-order chi connectivity index (χ0) is 32.2. The lowest BCUT2D eigenvalue weighted by Crippen LogP contribution is -2.27. The summed E-state index contributed by atoms with van der Waals surface area (Å²) in [5.41, 5.74) is 0.509. The summed E-state index contributed by atoms with van der Waals surface area (Å²) in [7, 11) is -3.85. The summed E-state index contributed by atoms with van der Waals surface area (Å²) in [5.74, 6) is 2.09. The smallest absolute Gasteiger partial charge is 0.240 e. The van der Waals surface area contributed by atoms with Crippen molar-refractivity contribution in [3.05, 3.63) is 59.2 Å². The van der Waals surface area contributed by atoms with Gasteiger partial charge in [-0.05, 0) is 67.5 Å². The molecule has 0 bridgehead atoms. The summed E-state index contributed by atoms with van der Waals surface area (Å²) in [6.45, 7) is 6.89. The highest BCUT2D eigenvalue weighted by atomic mass is 32.2. The van der Waals surface area contributed by atoms with Crippen molar-refractivity contribution in [3.63, 3.8) is 0 Å². The number of nitrogens with two attached hydrogens (primary N) is 1. The van der Waals surface area contributed by atoms with E-state index in [2.05, 4.69) is 9.56 Å². The first-order valence-electron chi connectivity index (χ1n) is 13.8. The second-order valence-corrected chi connectivity index (χ2v) is 10.9. The second-order valence-electron chi connectivity index (χ2n) is 9.10. The minimum absolute atomic E-state index is 0.0237. The Morgan fingerprint density at radius 1 is 0.773 bits per heavy atom. The van der Waals surface area contributed by atoms with Gasteiger partial charge in [0.25, 0.3) is 0 Å². The predicted molar refractivity (Wildman–Crippen MR) is 157 cm³/mol. The Labute approximate surface area is 256 Å². The van der Waals surface area contributed by atoms with Gasteiger partial charge in [-0.2, -0.15) is 0 Å². The van der Waals surface area contributed by atoms with Crippen LogP contribution in [0.25, 0.3) is 6.08 Å². The van der Waals surface area contributed by atoms with Gasteiger partial charge in [-0.15, -0.1) is 0 Å². The lowest BCUT2D eigenvalue weighted by atomic mass is 10.1. The number of nitrogens with one attached hydrogen (secondary N) is 1. The molecule has 0 heterocycles. The number of halogens is 2. The Bertz CT molecular complexity index is 1250. The summed E-state index contributed by atoms with van der Waals surface area (Å²) < 4.78 is 88.4. The number of benzene rings is 2. The van der Waals surface area contributed by atoms with E-state index in [4.69, 9.17) is 34.3 Å². The first-order valence-corrected chi connectivity index (χ1v) is 15.3. The lowest BCUT2D eigenvalue weighted by Gasteiger charge is -2.11. The standard InChI is InChI=1S/C29H40F2N2O10S/c1-22(23(2)34)19-24-20-27(30)29(28(31)21-24)43-25-3-5-26(6-4-25)44(35,36)33-7-8-37-9-10-38-11-12-39-13-14-40-15-16-41-17-18-42-32/h3-6,19-21,33H,7-18,32H2,1-2H3/b22-19+. The van der Waals surface area contributed by atoms with Crippen LogP contribution in [0, 0.1) is 11.6 Å². The Kier molecular flexibility index (Phi) is 17.8. The van der Waals surface area contributed by atoms with Crippen LogP contribution >= 0.6 is 0 Å². The van der Waals surface area contributed by atoms with E-state index in [0.29, 0.717) is 65.0 Å². The molecule has 0 aliphatic rings. The fourth-order valence-corrected chi connectivity index (χ4v) is 4.35.